The van der Waals surface area contributed by atoms with Gasteiger partial charge in [0.05, 0.1) is 6.10 Å². The topological polar surface area (TPSA) is 102 Å². The van der Waals surface area contributed by atoms with Gasteiger partial charge < -0.3 is 20.9 Å². The zero-order valence-corrected chi connectivity index (χ0v) is 11.0. The van der Waals surface area contributed by atoms with Crippen LogP contribution < -0.4 is 11.1 Å². The number of carboxylic acids is 1. The van der Waals surface area contributed by atoms with Crippen LogP contribution in [0.2, 0.25) is 0 Å². The van der Waals surface area contributed by atoms with Crippen molar-refractivity contribution in [2.24, 2.45) is 11.7 Å². The Morgan fingerprint density at radius 1 is 1.16 bits per heavy atom. The number of amides is 1. The number of rotatable bonds is 5. The van der Waals surface area contributed by atoms with E-state index in [-0.39, 0.29) is 17.9 Å². The van der Waals surface area contributed by atoms with Gasteiger partial charge in [-0.2, -0.15) is 0 Å². The van der Waals surface area contributed by atoms with Crippen LogP contribution in [0.3, 0.4) is 0 Å². The number of aliphatic carboxylic acids is 1. The molecule has 0 aromatic rings. The van der Waals surface area contributed by atoms with Crippen LogP contribution >= 0.6 is 0 Å². The van der Waals surface area contributed by atoms with E-state index >= 15 is 0 Å². The molecule has 0 aromatic heterocycles. The fraction of sp³-hybridized carbons (Fsp3) is 0.846. The number of nitrogens with two attached hydrogens (primary N) is 1. The number of hydrogen-bond donors (Lipinski definition) is 3. The highest BCUT2D eigenvalue weighted by molar-refractivity contribution is 5.76. The van der Waals surface area contributed by atoms with Crippen molar-refractivity contribution in [3.8, 4) is 0 Å². The Hall–Kier alpha value is -1.14. The first-order valence-electron chi connectivity index (χ1n) is 6.97. The highest BCUT2D eigenvalue weighted by atomic mass is 16.5. The number of hydrogen-bond acceptors (Lipinski definition) is 4. The van der Waals surface area contributed by atoms with Gasteiger partial charge in [-0.1, -0.05) is 0 Å². The van der Waals surface area contributed by atoms with Crippen LogP contribution in [0.5, 0.6) is 0 Å². The average Bonchev–Trinajstić information content (AvgIpc) is 2.86. The van der Waals surface area contributed by atoms with Gasteiger partial charge in [-0.15, -0.1) is 0 Å². The third-order valence-corrected chi connectivity index (χ3v) is 4.15. The van der Waals surface area contributed by atoms with Crippen molar-refractivity contribution in [2.75, 3.05) is 6.54 Å². The third-order valence-electron chi connectivity index (χ3n) is 4.15. The molecular formula is C13H22N2O4. The summed E-state index contributed by atoms with van der Waals surface area (Å²) in [7, 11) is 0. The molecular weight excluding hydrogens is 248 g/mol. The molecule has 2 unspecified atom stereocenters. The monoisotopic (exact) mass is 270 g/mol. The fourth-order valence-electron chi connectivity index (χ4n) is 2.92. The van der Waals surface area contributed by atoms with E-state index in [0.29, 0.717) is 19.0 Å². The number of nitrogens with one attached hydrogen (secondary N) is 1. The van der Waals surface area contributed by atoms with E-state index in [1.807, 2.05) is 0 Å². The summed E-state index contributed by atoms with van der Waals surface area (Å²) >= 11 is 0. The van der Waals surface area contributed by atoms with Crippen molar-refractivity contribution < 1.29 is 19.4 Å². The van der Waals surface area contributed by atoms with Gasteiger partial charge in [0.25, 0.3) is 0 Å². The Balaban J connectivity index is 1.65. The molecule has 0 bridgehead atoms. The van der Waals surface area contributed by atoms with Gasteiger partial charge in [0.15, 0.2) is 6.10 Å². The molecule has 0 aromatic carbocycles. The van der Waals surface area contributed by atoms with Crippen LogP contribution in [0.1, 0.15) is 38.5 Å². The maximum Gasteiger partial charge on any atom is 0.332 e. The minimum absolute atomic E-state index is 0.00466. The molecule has 6 heteroatoms. The van der Waals surface area contributed by atoms with E-state index in [2.05, 4.69) is 5.32 Å². The molecule has 1 aliphatic heterocycles. The number of primary amides is 1. The summed E-state index contributed by atoms with van der Waals surface area (Å²) in [6.45, 7) is 0.690. The van der Waals surface area contributed by atoms with Crippen molar-refractivity contribution in [2.45, 2.75) is 56.8 Å². The zero-order valence-electron chi connectivity index (χ0n) is 11.0. The molecule has 1 saturated heterocycles. The Morgan fingerprint density at radius 2 is 1.84 bits per heavy atom. The standard InChI is InChI=1S/C13H22N2O4/c14-12(16)8-1-3-9(4-2-8)15-7-10-5-6-11(19-10)13(17)18/h8-11,15H,1-7H2,(H2,14,16)(H,17,18). The highest BCUT2D eigenvalue weighted by Gasteiger charge is 2.31. The minimum Gasteiger partial charge on any atom is -0.479 e. The predicted octanol–water partition coefficient (Wildman–Crippen LogP) is 0.252. The molecule has 2 atom stereocenters. The molecule has 108 valence electrons. The summed E-state index contributed by atoms with van der Waals surface area (Å²) < 4.78 is 5.44. The maximum absolute atomic E-state index is 11.1. The smallest absolute Gasteiger partial charge is 0.332 e. The summed E-state index contributed by atoms with van der Waals surface area (Å²) in [5, 5.41) is 12.3. The summed E-state index contributed by atoms with van der Waals surface area (Å²) in [4.78, 5) is 21.8. The largest absolute Gasteiger partial charge is 0.479 e. The second-order valence-corrected chi connectivity index (χ2v) is 5.52. The molecule has 2 rings (SSSR count). The predicted molar refractivity (Wildman–Crippen MR) is 68.5 cm³/mol. The normalized spacial score (nSPS) is 35.2. The van der Waals surface area contributed by atoms with Gasteiger partial charge in [-0.05, 0) is 38.5 Å². The lowest BCUT2D eigenvalue weighted by Crippen LogP contribution is -2.40. The van der Waals surface area contributed by atoms with Crippen molar-refractivity contribution in [1.82, 2.24) is 5.32 Å². The Bertz CT molecular complexity index is 340. The van der Waals surface area contributed by atoms with E-state index in [1.165, 1.54) is 0 Å². The molecule has 0 spiro atoms. The van der Waals surface area contributed by atoms with E-state index in [1.54, 1.807) is 0 Å². The van der Waals surface area contributed by atoms with Gasteiger partial charge in [0, 0.05) is 18.5 Å². The van der Waals surface area contributed by atoms with Crippen LogP contribution in [0.4, 0.5) is 0 Å². The van der Waals surface area contributed by atoms with Gasteiger partial charge in [-0.25, -0.2) is 4.79 Å². The third kappa shape index (κ3) is 3.91. The molecule has 4 N–H and O–H groups in total. The molecule has 2 aliphatic rings. The molecule has 1 saturated carbocycles. The number of carbonyl (C=O) groups is 2. The van der Waals surface area contributed by atoms with E-state index in [0.717, 1.165) is 32.1 Å². The first kappa shape index (κ1) is 14.3. The Kier molecular flexibility index (Phi) is 4.76. The van der Waals surface area contributed by atoms with Crippen molar-refractivity contribution in [1.29, 1.82) is 0 Å². The van der Waals surface area contributed by atoms with Crippen LogP contribution in [-0.4, -0.2) is 41.8 Å². The summed E-state index contributed by atoms with van der Waals surface area (Å²) in [5.41, 5.74) is 5.29. The molecule has 1 heterocycles. The van der Waals surface area contributed by atoms with E-state index in [9.17, 15) is 9.59 Å². The van der Waals surface area contributed by atoms with Gasteiger partial charge in [0.1, 0.15) is 0 Å². The van der Waals surface area contributed by atoms with Crippen molar-refractivity contribution in [3.63, 3.8) is 0 Å². The average molecular weight is 270 g/mol. The Labute approximate surface area is 112 Å². The van der Waals surface area contributed by atoms with E-state index in [4.69, 9.17) is 15.6 Å². The van der Waals surface area contributed by atoms with Crippen molar-refractivity contribution >= 4 is 11.9 Å². The quantitative estimate of drug-likeness (QED) is 0.665. The number of carbonyl (C=O) groups excluding carboxylic acids is 1. The second kappa shape index (κ2) is 6.34. The van der Waals surface area contributed by atoms with Crippen LogP contribution in [0.15, 0.2) is 0 Å². The van der Waals surface area contributed by atoms with Crippen LogP contribution in [0, 0.1) is 5.92 Å². The summed E-state index contributed by atoms with van der Waals surface area (Å²) in [6, 6.07) is 0.392. The summed E-state index contributed by atoms with van der Waals surface area (Å²) in [5.74, 6) is -1.04. The van der Waals surface area contributed by atoms with Gasteiger partial charge >= 0.3 is 5.97 Å². The van der Waals surface area contributed by atoms with E-state index < -0.39 is 12.1 Å². The highest BCUT2D eigenvalue weighted by Crippen LogP contribution is 2.25. The number of carboxylic acid groups (broad SMARTS) is 1. The lowest BCUT2D eigenvalue weighted by molar-refractivity contribution is -0.149. The first-order chi connectivity index (χ1) is 9.06. The number of ether oxygens (including phenoxy) is 1. The molecule has 1 amide bonds. The zero-order chi connectivity index (χ0) is 13.8. The molecule has 6 nitrogen and oxygen atoms in total. The minimum atomic E-state index is -0.871. The van der Waals surface area contributed by atoms with Crippen LogP contribution in [0.25, 0.3) is 0 Å². The van der Waals surface area contributed by atoms with Gasteiger partial charge in [-0.3, -0.25) is 4.79 Å². The SMILES string of the molecule is NC(=O)C1CCC(NCC2CCC(C(=O)O)O2)CC1. The lowest BCUT2D eigenvalue weighted by Gasteiger charge is -2.28. The molecule has 0 radical (unpaired) electrons. The fourth-order valence-corrected chi connectivity index (χ4v) is 2.92. The summed E-state index contributed by atoms with van der Waals surface area (Å²) in [6.07, 6.45) is 4.32. The maximum atomic E-state index is 11.1. The molecule has 1 aliphatic carbocycles. The molecule has 2 fully saturated rings. The Morgan fingerprint density at radius 3 is 2.37 bits per heavy atom. The molecule has 19 heavy (non-hydrogen) atoms. The van der Waals surface area contributed by atoms with Crippen LogP contribution in [-0.2, 0) is 14.3 Å². The van der Waals surface area contributed by atoms with Gasteiger partial charge in [0.2, 0.25) is 5.91 Å². The van der Waals surface area contributed by atoms with Crippen molar-refractivity contribution in [3.05, 3.63) is 0 Å². The second-order valence-electron chi connectivity index (χ2n) is 5.52. The first-order valence-corrected chi connectivity index (χ1v) is 6.97. The lowest BCUT2D eigenvalue weighted by atomic mass is 9.85.